The minimum atomic E-state index is -0.321. The summed E-state index contributed by atoms with van der Waals surface area (Å²) in [6, 6.07) is 11.2. The summed E-state index contributed by atoms with van der Waals surface area (Å²) in [6.45, 7) is 1.90. The monoisotopic (exact) mass is 425 g/mol. The lowest BCUT2D eigenvalue weighted by atomic mass is 10.2. The molecule has 0 saturated carbocycles. The van der Waals surface area contributed by atoms with Crippen LogP contribution in [0.5, 0.6) is 0 Å². The molecule has 0 spiro atoms. The molecule has 0 aliphatic carbocycles. The van der Waals surface area contributed by atoms with Gasteiger partial charge in [-0.25, -0.2) is 9.07 Å². The van der Waals surface area contributed by atoms with Crippen LogP contribution in [0.2, 0.25) is 5.02 Å². The van der Waals surface area contributed by atoms with Gasteiger partial charge in [-0.15, -0.1) is 5.10 Å². The van der Waals surface area contributed by atoms with Crippen LogP contribution in [-0.4, -0.2) is 21.4 Å². The molecule has 1 heterocycles. The van der Waals surface area contributed by atoms with Gasteiger partial charge >= 0.3 is 0 Å². The summed E-state index contributed by atoms with van der Waals surface area (Å²) in [5, 5.41) is 7.79. The molecule has 0 aliphatic heterocycles. The van der Waals surface area contributed by atoms with E-state index in [2.05, 4.69) is 10.4 Å². The number of amides is 1. The van der Waals surface area contributed by atoms with Crippen LogP contribution in [0.15, 0.2) is 46.8 Å². The molecule has 1 aromatic heterocycles. The zero-order valence-corrected chi connectivity index (χ0v) is 16.7. The van der Waals surface area contributed by atoms with Crippen molar-refractivity contribution in [2.45, 2.75) is 11.3 Å². The molecule has 3 rings (SSSR count). The molecule has 1 N–H and O–H groups in total. The summed E-state index contributed by atoms with van der Waals surface area (Å²) >= 11 is 13.9. The van der Waals surface area contributed by atoms with E-state index in [1.165, 1.54) is 35.2 Å². The van der Waals surface area contributed by atoms with Gasteiger partial charge in [-0.05, 0) is 61.1 Å². The van der Waals surface area contributed by atoms with Crippen molar-refractivity contribution in [1.29, 1.82) is 0 Å². The van der Waals surface area contributed by atoms with Crippen molar-refractivity contribution in [3.63, 3.8) is 0 Å². The van der Waals surface area contributed by atoms with Crippen molar-refractivity contribution in [2.75, 3.05) is 11.1 Å². The average molecular weight is 426 g/mol. The molecule has 134 valence electrons. The topological polar surface area (TPSA) is 46.9 Å². The third-order valence-electron chi connectivity index (χ3n) is 3.40. The van der Waals surface area contributed by atoms with Crippen LogP contribution < -0.4 is 5.32 Å². The lowest BCUT2D eigenvalue weighted by Gasteiger charge is -2.08. The molecule has 26 heavy (non-hydrogen) atoms. The number of halogens is 2. The number of nitrogens with one attached hydrogen (secondary N) is 1. The Balaban J connectivity index is 1.65. The predicted octanol–water partition coefficient (Wildman–Crippen LogP) is 5.50. The Labute approximate surface area is 168 Å². The summed E-state index contributed by atoms with van der Waals surface area (Å²) in [7, 11) is 0. The van der Waals surface area contributed by atoms with Crippen molar-refractivity contribution in [2.24, 2.45) is 0 Å². The summed E-state index contributed by atoms with van der Waals surface area (Å²) in [4.78, 5) is 12.2. The molecule has 2 aromatic carbocycles. The van der Waals surface area contributed by atoms with Crippen LogP contribution in [0.4, 0.5) is 10.1 Å². The van der Waals surface area contributed by atoms with E-state index < -0.39 is 0 Å². The van der Waals surface area contributed by atoms with Gasteiger partial charge in [0.15, 0.2) is 8.29 Å². The molecule has 0 atom stereocenters. The summed E-state index contributed by atoms with van der Waals surface area (Å²) in [5.74, 6) is -0.287. The van der Waals surface area contributed by atoms with Gasteiger partial charge in [-0.1, -0.05) is 40.8 Å². The van der Waals surface area contributed by atoms with Gasteiger partial charge < -0.3 is 5.32 Å². The van der Waals surface area contributed by atoms with Crippen molar-refractivity contribution in [3.8, 4) is 5.69 Å². The summed E-state index contributed by atoms with van der Waals surface area (Å²) < 4.78 is 15.8. The maximum Gasteiger partial charge on any atom is 0.234 e. The molecule has 0 bridgehead atoms. The minimum Gasteiger partial charge on any atom is -0.325 e. The van der Waals surface area contributed by atoms with Gasteiger partial charge in [0.25, 0.3) is 0 Å². The first-order valence-electron chi connectivity index (χ1n) is 7.47. The maximum atomic E-state index is 13.0. The molecule has 1 amide bonds. The standard InChI is InChI=1S/C17H13ClFN3OS3/c1-10-2-3-11(18)8-14(10)20-15(23)9-25-16-21-22(17(24)26-16)13-6-4-12(19)5-7-13/h2-8H,9H2,1H3,(H,20,23). The van der Waals surface area contributed by atoms with E-state index in [-0.39, 0.29) is 17.5 Å². The third-order valence-corrected chi connectivity index (χ3v) is 6.00. The highest BCUT2D eigenvalue weighted by atomic mass is 35.5. The zero-order valence-electron chi connectivity index (χ0n) is 13.5. The fourth-order valence-electron chi connectivity index (χ4n) is 2.11. The number of carbonyl (C=O) groups is 1. The number of hydrogen-bond donors (Lipinski definition) is 1. The molecular weight excluding hydrogens is 413 g/mol. The van der Waals surface area contributed by atoms with E-state index in [4.69, 9.17) is 23.8 Å². The number of anilines is 1. The van der Waals surface area contributed by atoms with Gasteiger partial charge in [0, 0.05) is 10.7 Å². The van der Waals surface area contributed by atoms with Crippen molar-refractivity contribution >= 4 is 58.5 Å². The summed E-state index contributed by atoms with van der Waals surface area (Å²) in [6.07, 6.45) is 0. The highest BCUT2D eigenvalue weighted by molar-refractivity contribution is 8.01. The molecule has 9 heteroatoms. The van der Waals surface area contributed by atoms with Crippen LogP contribution in [0, 0.1) is 16.7 Å². The number of carbonyl (C=O) groups excluding carboxylic acids is 1. The highest BCUT2D eigenvalue weighted by Gasteiger charge is 2.11. The first kappa shape index (κ1) is 19.0. The molecule has 0 saturated heterocycles. The first-order chi connectivity index (χ1) is 12.4. The average Bonchev–Trinajstić information content (AvgIpc) is 2.98. The second-order valence-electron chi connectivity index (χ2n) is 5.32. The maximum absolute atomic E-state index is 13.0. The van der Waals surface area contributed by atoms with Crippen molar-refractivity contribution in [3.05, 3.63) is 62.8 Å². The van der Waals surface area contributed by atoms with E-state index >= 15 is 0 Å². The molecule has 0 unspecified atom stereocenters. The highest BCUT2D eigenvalue weighted by Crippen LogP contribution is 2.25. The minimum absolute atomic E-state index is 0.158. The fraction of sp³-hybridized carbons (Fsp3) is 0.118. The number of hydrogen-bond acceptors (Lipinski definition) is 5. The van der Waals surface area contributed by atoms with E-state index in [0.29, 0.717) is 24.7 Å². The van der Waals surface area contributed by atoms with E-state index in [1.54, 1.807) is 28.9 Å². The SMILES string of the molecule is Cc1ccc(Cl)cc1NC(=O)CSc1nn(-c2ccc(F)cc2)c(=S)s1. The Morgan fingerprint density at radius 2 is 2.08 bits per heavy atom. The molecule has 4 nitrogen and oxygen atoms in total. The van der Waals surface area contributed by atoms with Gasteiger partial charge in [0.1, 0.15) is 5.82 Å². The van der Waals surface area contributed by atoms with E-state index in [1.807, 2.05) is 13.0 Å². The zero-order chi connectivity index (χ0) is 18.7. The number of benzene rings is 2. The van der Waals surface area contributed by atoms with Crippen LogP contribution in [0.25, 0.3) is 5.69 Å². The Morgan fingerprint density at radius 1 is 1.35 bits per heavy atom. The molecule has 0 fully saturated rings. The van der Waals surface area contributed by atoms with Crippen molar-refractivity contribution < 1.29 is 9.18 Å². The molecule has 3 aromatic rings. The van der Waals surface area contributed by atoms with Crippen LogP contribution in [0.1, 0.15) is 5.56 Å². The largest absolute Gasteiger partial charge is 0.325 e. The quantitative estimate of drug-likeness (QED) is 0.433. The normalized spacial score (nSPS) is 10.7. The Hall–Kier alpha value is -1.74. The summed E-state index contributed by atoms with van der Waals surface area (Å²) in [5.41, 5.74) is 2.30. The Kier molecular flexibility index (Phi) is 6.08. The molecule has 0 radical (unpaired) electrons. The van der Waals surface area contributed by atoms with Crippen LogP contribution in [0.3, 0.4) is 0 Å². The van der Waals surface area contributed by atoms with Gasteiger partial charge in [-0.3, -0.25) is 4.79 Å². The van der Waals surface area contributed by atoms with Crippen LogP contribution in [-0.2, 0) is 4.79 Å². The number of nitrogens with zero attached hydrogens (tertiary/aromatic N) is 2. The van der Waals surface area contributed by atoms with Crippen LogP contribution >= 0.6 is 46.9 Å². The smallest absolute Gasteiger partial charge is 0.234 e. The third kappa shape index (κ3) is 4.70. The fourth-order valence-corrected chi connectivity index (χ4v) is 4.44. The number of thioether (sulfide) groups is 1. The Morgan fingerprint density at radius 3 is 2.81 bits per heavy atom. The number of rotatable bonds is 5. The molecule has 0 aliphatic rings. The number of aryl methyl sites for hydroxylation is 1. The predicted molar refractivity (Wildman–Crippen MR) is 108 cm³/mol. The van der Waals surface area contributed by atoms with E-state index in [9.17, 15) is 9.18 Å². The first-order valence-corrected chi connectivity index (χ1v) is 10.1. The number of aromatic nitrogens is 2. The van der Waals surface area contributed by atoms with Gasteiger partial charge in [0.05, 0.1) is 11.4 Å². The van der Waals surface area contributed by atoms with Gasteiger partial charge in [0.2, 0.25) is 5.91 Å². The second kappa shape index (κ2) is 8.30. The van der Waals surface area contributed by atoms with Crippen molar-refractivity contribution in [1.82, 2.24) is 9.78 Å². The second-order valence-corrected chi connectivity index (χ2v) is 8.60. The van der Waals surface area contributed by atoms with Gasteiger partial charge in [-0.2, -0.15) is 0 Å². The lowest BCUT2D eigenvalue weighted by Crippen LogP contribution is -2.14. The molecular formula is C17H13ClFN3OS3. The lowest BCUT2D eigenvalue weighted by molar-refractivity contribution is -0.113. The Bertz CT molecular complexity index is 1000. The van der Waals surface area contributed by atoms with E-state index in [0.717, 1.165) is 5.56 Å².